The van der Waals surface area contributed by atoms with Crippen LogP contribution in [0.2, 0.25) is 0 Å². The maximum Gasteiger partial charge on any atom is 0.0777 e. The molecule has 1 fully saturated rings. The monoisotopic (exact) mass is 228 g/mol. The van der Waals surface area contributed by atoms with Crippen LogP contribution in [0.1, 0.15) is 40.0 Å². The number of methoxy groups -OCH3 is 1. The number of nitrogens with one attached hydrogen (secondary N) is 1. The Kier molecular flexibility index (Phi) is 5.73. The zero-order valence-electron chi connectivity index (χ0n) is 11.4. The number of piperidine rings is 1. The minimum absolute atomic E-state index is 0.0780. The number of rotatable bonds is 6. The van der Waals surface area contributed by atoms with Gasteiger partial charge in [0.05, 0.1) is 5.60 Å². The summed E-state index contributed by atoms with van der Waals surface area (Å²) in [6.07, 6.45) is 3.66. The number of nitrogens with zero attached hydrogens (tertiary/aromatic N) is 1. The largest absolute Gasteiger partial charge is 0.377 e. The lowest BCUT2D eigenvalue weighted by molar-refractivity contribution is -0.0502. The lowest BCUT2D eigenvalue weighted by Gasteiger charge is -2.39. The molecule has 0 aromatic heterocycles. The Balaban J connectivity index is 2.22. The Morgan fingerprint density at radius 2 is 2.25 bits per heavy atom. The second-order valence-corrected chi connectivity index (χ2v) is 5.30. The molecule has 2 atom stereocenters. The lowest BCUT2D eigenvalue weighted by atomic mass is 9.95. The summed E-state index contributed by atoms with van der Waals surface area (Å²) >= 11 is 0. The SMILES string of the molecule is CCC(C)NCCN1CCCC(C)(OC)C1. The van der Waals surface area contributed by atoms with E-state index in [1.807, 2.05) is 7.11 Å². The van der Waals surface area contributed by atoms with Crippen LogP contribution >= 0.6 is 0 Å². The third-order valence-corrected chi connectivity index (χ3v) is 3.76. The van der Waals surface area contributed by atoms with Gasteiger partial charge in [0, 0.05) is 32.8 Å². The summed E-state index contributed by atoms with van der Waals surface area (Å²) in [5.74, 6) is 0. The van der Waals surface area contributed by atoms with Gasteiger partial charge in [-0.3, -0.25) is 4.90 Å². The van der Waals surface area contributed by atoms with Crippen molar-refractivity contribution in [3.63, 3.8) is 0 Å². The molecule has 0 aromatic carbocycles. The van der Waals surface area contributed by atoms with Gasteiger partial charge in [-0.25, -0.2) is 0 Å². The van der Waals surface area contributed by atoms with Crippen molar-refractivity contribution in [2.24, 2.45) is 0 Å². The van der Waals surface area contributed by atoms with Gasteiger partial charge in [-0.05, 0) is 39.7 Å². The fourth-order valence-corrected chi connectivity index (χ4v) is 2.28. The van der Waals surface area contributed by atoms with Crippen LogP contribution in [0, 0.1) is 0 Å². The molecule has 3 heteroatoms. The highest BCUT2D eigenvalue weighted by molar-refractivity contribution is 4.84. The van der Waals surface area contributed by atoms with E-state index in [0.717, 1.165) is 19.6 Å². The molecule has 1 heterocycles. The average molecular weight is 228 g/mol. The molecule has 1 N–H and O–H groups in total. The molecular formula is C13H28N2O. The van der Waals surface area contributed by atoms with Gasteiger partial charge in [-0.1, -0.05) is 6.92 Å². The summed E-state index contributed by atoms with van der Waals surface area (Å²) in [6.45, 7) is 11.2. The van der Waals surface area contributed by atoms with Gasteiger partial charge >= 0.3 is 0 Å². The second-order valence-electron chi connectivity index (χ2n) is 5.30. The van der Waals surface area contributed by atoms with E-state index in [-0.39, 0.29) is 5.60 Å². The van der Waals surface area contributed by atoms with Crippen molar-refractivity contribution in [3.8, 4) is 0 Å². The molecule has 0 aromatic rings. The van der Waals surface area contributed by atoms with Crippen molar-refractivity contribution in [2.75, 3.05) is 33.3 Å². The number of ether oxygens (including phenoxy) is 1. The normalized spacial score (nSPS) is 29.2. The Labute approximate surface area is 101 Å². The molecule has 0 radical (unpaired) electrons. The molecule has 0 aliphatic carbocycles. The maximum absolute atomic E-state index is 5.60. The van der Waals surface area contributed by atoms with Crippen molar-refractivity contribution in [1.29, 1.82) is 0 Å². The van der Waals surface area contributed by atoms with E-state index in [0.29, 0.717) is 6.04 Å². The summed E-state index contributed by atoms with van der Waals surface area (Å²) in [4.78, 5) is 2.52. The fraction of sp³-hybridized carbons (Fsp3) is 1.00. The Morgan fingerprint density at radius 1 is 1.50 bits per heavy atom. The van der Waals surface area contributed by atoms with E-state index in [1.54, 1.807) is 0 Å². The quantitative estimate of drug-likeness (QED) is 0.751. The smallest absolute Gasteiger partial charge is 0.0777 e. The summed E-state index contributed by atoms with van der Waals surface area (Å²) in [7, 11) is 1.83. The van der Waals surface area contributed by atoms with E-state index < -0.39 is 0 Å². The van der Waals surface area contributed by atoms with Crippen molar-refractivity contribution >= 4 is 0 Å². The fourth-order valence-electron chi connectivity index (χ4n) is 2.28. The third kappa shape index (κ3) is 4.40. The van der Waals surface area contributed by atoms with Crippen LogP contribution in [0.25, 0.3) is 0 Å². The summed E-state index contributed by atoms with van der Waals surface area (Å²) in [5.41, 5.74) is 0.0780. The molecule has 2 unspecified atom stereocenters. The highest BCUT2D eigenvalue weighted by Gasteiger charge is 2.30. The van der Waals surface area contributed by atoms with Gasteiger partial charge in [0.2, 0.25) is 0 Å². The van der Waals surface area contributed by atoms with Gasteiger partial charge in [0.15, 0.2) is 0 Å². The molecular weight excluding hydrogens is 200 g/mol. The van der Waals surface area contributed by atoms with Crippen molar-refractivity contribution in [2.45, 2.75) is 51.7 Å². The highest BCUT2D eigenvalue weighted by Crippen LogP contribution is 2.23. The predicted molar refractivity (Wildman–Crippen MR) is 68.8 cm³/mol. The van der Waals surface area contributed by atoms with Crippen LogP contribution < -0.4 is 5.32 Å². The highest BCUT2D eigenvalue weighted by atomic mass is 16.5. The molecule has 0 saturated carbocycles. The molecule has 0 amide bonds. The molecule has 1 aliphatic heterocycles. The lowest BCUT2D eigenvalue weighted by Crippen LogP contribution is -2.49. The third-order valence-electron chi connectivity index (χ3n) is 3.76. The van der Waals surface area contributed by atoms with E-state index in [2.05, 4.69) is 31.0 Å². The molecule has 1 saturated heterocycles. The molecule has 96 valence electrons. The van der Waals surface area contributed by atoms with Crippen LogP contribution in [0.5, 0.6) is 0 Å². The first-order valence-electron chi connectivity index (χ1n) is 6.60. The van der Waals surface area contributed by atoms with Gasteiger partial charge in [0.1, 0.15) is 0 Å². The first-order chi connectivity index (χ1) is 7.59. The topological polar surface area (TPSA) is 24.5 Å². The van der Waals surface area contributed by atoms with Gasteiger partial charge in [-0.15, -0.1) is 0 Å². The minimum Gasteiger partial charge on any atom is -0.377 e. The zero-order valence-corrected chi connectivity index (χ0v) is 11.4. The zero-order chi connectivity index (χ0) is 12.0. The van der Waals surface area contributed by atoms with E-state index in [4.69, 9.17) is 4.74 Å². The van der Waals surface area contributed by atoms with Gasteiger partial charge in [-0.2, -0.15) is 0 Å². The standard InChI is InChI=1S/C13H28N2O/c1-5-12(2)14-8-10-15-9-6-7-13(3,11-15)16-4/h12,14H,5-11H2,1-4H3. The Hall–Kier alpha value is -0.120. The van der Waals surface area contributed by atoms with E-state index in [9.17, 15) is 0 Å². The van der Waals surface area contributed by atoms with Crippen LogP contribution in [-0.2, 0) is 4.74 Å². The number of likely N-dealkylation sites (tertiary alicyclic amines) is 1. The predicted octanol–water partition coefficient (Wildman–Crippen LogP) is 1.88. The molecule has 16 heavy (non-hydrogen) atoms. The summed E-state index contributed by atoms with van der Waals surface area (Å²) in [6, 6.07) is 0.638. The molecule has 1 rings (SSSR count). The van der Waals surface area contributed by atoms with Crippen LogP contribution in [0.15, 0.2) is 0 Å². The van der Waals surface area contributed by atoms with E-state index >= 15 is 0 Å². The average Bonchev–Trinajstić information content (AvgIpc) is 2.29. The minimum atomic E-state index is 0.0780. The summed E-state index contributed by atoms with van der Waals surface area (Å²) < 4.78 is 5.60. The molecule has 0 bridgehead atoms. The molecule has 1 aliphatic rings. The van der Waals surface area contributed by atoms with Crippen molar-refractivity contribution in [1.82, 2.24) is 10.2 Å². The summed E-state index contributed by atoms with van der Waals surface area (Å²) in [5, 5.41) is 3.54. The molecule has 3 nitrogen and oxygen atoms in total. The van der Waals surface area contributed by atoms with Crippen LogP contribution in [0.3, 0.4) is 0 Å². The first-order valence-corrected chi connectivity index (χ1v) is 6.60. The number of hydrogen-bond acceptors (Lipinski definition) is 3. The van der Waals surface area contributed by atoms with Crippen molar-refractivity contribution in [3.05, 3.63) is 0 Å². The molecule has 0 spiro atoms. The van der Waals surface area contributed by atoms with Crippen LogP contribution in [-0.4, -0.2) is 49.8 Å². The van der Waals surface area contributed by atoms with Gasteiger partial charge in [0.25, 0.3) is 0 Å². The first kappa shape index (κ1) is 13.9. The maximum atomic E-state index is 5.60. The second kappa shape index (κ2) is 6.58. The van der Waals surface area contributed by atoms with Crippen molar-refractivity contribution < 1.29 is 4.74 Å². The number of hydrogen-bond donors (Lipinski definition) is 1. The van der Waals surface area contributed by atoms with Crippen LogP contribution in [0.4, 0.5) is 0 Å². The Morgan fingerprint density at radius 3 is 2.88 bits per heavy atom. The Bertz CT molecular complexity index is 198. The van der Waals surface area contributed by atoms with E-state index in [1.165, 1.54) is 25.8 Å². The van der Waals surface area contributed by atoms with Gasteiger partial charge < -0.3 is 10.1 Å².